The number of hydrogen-bond donors (Lipinski definition) is 0. The molecule has 156 valence electrons. The number of anilines is 1. The zero-order valence-corrected chi connectivity index (χ0v) is 17.2. The van der Waals surface area contributed by atoms with Gasteiger partial charge in [-0.25, -0.2) is 4.39 Å². The number of aryl methyl sites for hydroxylation is 1. The number of hydrogen-bond acceptors (Lipinski definition) is 4. The first-order valence-electron chi connectivity index (χ1n) is 10.9. The highest BCUT2D eigenvalue weighted by Gasteiger charge is 2.22. The molecule has 0 spiro atoms. The highest BCUT2D eigenvalue weighted by Crippen LogP contribution is 2.27. The molecule has 0 radical (unpaired) electrons. The fraction of sp³-hybridized carbons (Fsp3) is 0.500. The molecule has 0 atom stereocenters. The van der Waals surface area contributed by atoms with Gasteiger partial charge in [0, 0.05) is 45.8 Å². The van der Waals surface area contributed by atoms with E-state index in [1.54, 1.807) is 6.07 Å². The molecule has 0 aromatic heterocycles. The number of halogens is 1. The van der Waals surface area contributed by atoms with Gasteiger partial charge in [0.1, 0.15) is 5.82 Å². The van der Waals surface area contributed by atoms with Crippen LogP contribution in [0.4, 0.5) is 10.1 Å². The third kappa shape index (κ3) is 5.56. The molecule has 2 saturated heterocycles. The van der Waals surface area contributed by atoms with Gasteiger partial charge < -0.3 is 9.64 Å². The molecule has 2 fully saturated rings. The van der Waals surface area contributed by atoms with Crippen molar-refractivity contribution in [3.63, 3.8) is 0 Å². The predicted molar refractivity (Wildman–Crippen MR) is 116 cm³/mol. The fourth-order valence-corrected chi connectivity index (χ4v) is 4.40. The van der Waals surface area contributed by atoms with Gasteiger partial charge >= 0.3 is 0 Å². The Balaban J connectivity index is 1.33. The molecule has 4 rings (SSSR count). The number of benzene rings is 2. The Morgan fingerprint density at radius 3 is 2.31 bits per heavy atom. The summed E-state index contributed by atoms with van der Waals surface area (Å²) >= 11 is 0. The minimum atomic E-state index is -0.0784. The molecule has 2 aliphatic rings. The summed E-state index contributed by atoms with van der Waals surface area (Å²) in [6, 6.07) is 16.2. The summed E-state index contributed by atoms with van der Waals surface area (Å²) < 4.78 is 20.2. The largest absolute Gasteiger partial charge is 0.379 e. The second-order valence-corrected chi connectivity index (χ2v) is 8.05. The second-order valence-electron chi connectivity index (χ2n) is 8.05. The molecule has 2 aromatic carbocycles. The normalized spacial score (nSPS) is 18.9. The van der Waals surface area contributed by atoms with Gasteiger partial charge in [-0.15, -0.1) is 0 Å². The summed E-state index contributed by atoms with van der Waals surface area (Å²) in [6.07, 6.45) is 1.99. The number of nitrogens with zero attached hydrogens (tertiary/aromatic N) is 3. The number of rotatable bonds is 7. The van der Waals surface area contributed by atoms with Crippen molar-refractivity contribution in [1.82, 2.24) is 9.80 Å². The van der Waals surface area contributed by atoms with Gasteiger partial charge in [0.25, 0.3) is 0 Å². The maximum Gasteiger partial charge on any atom is 0.146 e. The lowest BCUT2D eigenvalue weighted by Crippen LogP contribution is -2.46. The SMILES string of the molecule is Fc1cccc(CCCN2CCOCC2)c1N1CCN(Cc2ccccc2)CC1. The van der Waals surface area contributed by atoms with E-state index in [1.807, 2.05) is 6.07 Å². The van der Waals surface area contributed by atoms with Crippen molar-refractivity contribution in [2.45, 2.75) is 19.4 Å². The van der Waals surface area contributed by atoms with E-state index in [1.165, 1.54) is 5.56 Å². The zero-order valence-electron chi connectivity index (χ0n) is 17.2. The fourth-order valence-electron chi connectivity index (χ4n) is 4.40. The van der Waals surface area contributed by atoms with Crippen molar-refractivity contribution < 1.29 is 9.13 Å². The zero-order chi connectivity index (χ0) is 19.9. The van der Waals surface area contributed by atoms with Gasteiger partial charge in [0.2, 0.25) is 0 Å². The Morgan fingerprint density at radius 2 is 1.55 bits per heavy atom. The van der Waals surface area contributed by atoms with E-state index in [2.05, 4.69) is 51.1 Å². The standard InChI is InChI=1S/C24H32FN3O/c25-23-10-4-8-22(9-5-11-26-16-18-29-19-17-26)24(23)28-14-12-27(13-15-28)20-21-6-2-1-3-7-21/h1-4,6-8,10H,5,9,11-20H2. The molecule has 29 heavy (non-hydrogen) atoms. The second kappa shape index (κ2) is 10.2. The molecule has 0 amide bonds. The van der Waals surface area contributed by atoms with Crippen LogP contribution in [-0.2, 0) is 17.7 Å². The van der Waals surface area contributed by atoms with Gasteiger partial charge in [-0.05, 0) is 36.6 Å². The van der Waals surface area contributed by atoms with Crippen molar-refractivity contribution in [2.75, 3.05) is 63.9 Å². The van der Waals surface area contributed by atoms with Crippen molar-refractivity contribution in [2.24, 2.45) is 0 Å². The van der Waals surface area contributed by atoms with Gasteiger partial charge in [-0.2, -0.15) is 0 Å². The van der Waals surface area contributed by atoms with E-state index < -0.39 is 0 Å². The van der Waals surface area contributed by atoms with E-state index in [4.69, 9.17) is 4.74 Å². The average molecular weight is 398 g/mol. The molecule has 0 saturated carbocycles. The van der Waals surface area contributed by atoms with Crippen molar-refractivity contribution in [1.29, 1.82) is 0 Å². The summed E-state index contributed by atoms with van der Waals surface area (Å²) in [7, 11) is 0. The first-order valence-corrected chi connectivity index (χ1v) is 10.9. The molecule has 2 heterocycles. The minimum absolute atomic E-state index is 0.0784. The Bertz CT molecular complexity index is 756. The molecule has 4 nitrogen and oxygen atoms in total. The Hall–Kier alpha value is -1.95. The van der Waals surface area contributed by atoms with E-state index in [-0.39, 0.29) is 5.82 Å². The maximum atomic E-state index is 14.8. The quantitative estimate of drug-likeness (QED) is 0.713. The number of ether oxygens (including phenoxy) is 1. The highest BCUT2D eigenvalue weighted by atomic mass is 19.1. The van der Waals surface area contributed by atoms with Gasteiger partial charge in [-0.3, -0.25) is 9.80 Å². The average Bonchev–Trinajstić information content (AvgIpc) is 2.76. The maximum absolute atomic E-state index is 14.8. The van der Waals surface area contributed by atoms with Gasteiger partial charge in [0.15, 0.2) is 0 Å². The third-order valence-corrected chi connectivity index (χ3v) is 6.03. The number of piperazine rings is 1. The summed E-state index contributed by atoms with van der Waals surface area (Å²) in [5, 5.41) is 0. The lowest BCUT2D eigenvalue weighted by Gasteiger charge is -2.37. The molecule has 0 bridgehead atoms. The summed E-state index contributed by atoms with van der Waals surface area (Å²) in [5.41, 5.74) is 3.32. The Kier molecular flexibility index (Phi) is 7.14. The monoisotopic (exact) mass is 397 g/mol. The smallest absolute Gasteiger partial charge is 0.146 e. The number of morpholine rings is 1. The minimum Gasteiger partial charge on any atom is -0.379 e. The van der Waals surface area contributed by atoms with Crippen LogP contribution in [0, 0.1) is 5.82 Å². The molecule has 0 N–H and O–H groups in total. The van der Waals surface area contributed by atoms with Crippen LogP contribution in [0.3, 0.4) is 0 Å². The van der Waals surface area contributed by atoms with Crippen LogP contribution >= 0.6 is 0 Å². The van der Waals surface area contributed by atoms with Crippen LogP contribution in [0.1, 0.15) is 17.5 Å². The van der Waals surface area contributed by atoms with Crippen LogP contribution in [-0.4, -0.2) is 68.8 Å². The van der Waals surface area contributed by atoms with E-state index >= 15 is 0 Å². The molecule has 5 heteroatoms. The van der Waals surface area contributed by atoms with Crippen LogP contribution < -0.4 is 4.90 Å². The molecular formula is C24H32FN3O. The molecular weight excluding hydrogens is 365 g/mol. The molecule has 0 unspecified atom stereocenters. The summed E-state index contributed by atoms with van der Waals surface area (Å²) in [6.45, 7) is 9.42. The van der Waals surface area contributed by atoms with Crippen molar-refractivity contribution in [3.05, 3.63) is 65.5 Å². The van der Waals surface area contributed by atoms with E-state index in [9.17, 15) is 4.39 Å². The van der Waals surface area contributed by atoms with Gasteiger partial charge in [0.05, 0.1) is 18.9 Å². The van der Waals surface area contributed by atoms with Crippen molar-refractivity contribution in [3.8, 4) is 0 Å². The van der Waals surface area contributed by atoms with Crippen molar-refractivity contribution >= 4 is 5.69 Å². The van der Waals surface area contributed by atoms with E-state index in [0.717, 1.165) is 89.7 Å². The predicted octanol–water partition coefficient (Wildman–Crippen LogP) is 3.41. The van der Waals surface area contributed by atoms with E-state index in [0.29, 0.717) is 0 Å². The van der Waals surface area contributed by atoms with Crippen LogP contribution in [0.25, 0.3) is 0 Å². The molecule has 0 aliphatic carbocycles. The highest BCUT2D eigenvalue weighted by molar-refractivity contribution is 5.55. The van der Waals surface area contributed by atoms with Gasteiger partial charge in [-0.1, -0.05) is 42.5 Å². The topological polar surface area (TPSA) is 19.0 Å². The number of para-hydroxylation sites is 1. The first kappa shape index (κ1) is 20.3. The third-order valence-electron chi connectivity index (χ3n) is 6.03. The lowest BCUT2D eigenvalue weighted by atomic mass is 10.0. The molecule has 2 aliphatic heterocycles. The van der Waals surface area contributed by atoms with Crippen LogP contribution in [0.2, 0.25) is 0 Å². The van der Waals surface area contributed by atoms with Crippen LogP contribution in [0.15, 0.2) is 48.5 Å². The lowest BCUT2D eigenvalue weighted by molar-refractivity contribution is 0.0375. The Morgan fingerprint density at radius 1 is 0.793 bits per heavy atom. The Labute approximate surface area is 173 Å². The van der Waals surface area contributed by atoms with Crippen LogP contribution in [0.5, 0.6) is 0 Å². The summed E-state index contributed by atoms with van der Waals surface area (Å²) in [5.74, 6) is -0.0784. The molecule has 2 aromatic rings. The first-order chi connectivity index (χ1) is 14.3. The summed E-state index contributed by atoms with van der Waals surface area (Å²) in [4.78, 5) is 7.16.